The molecule has 5 heterocycles. The highest BCUT2D eigenvalue weighted by Crippen LogP contribution is 2.24. The van der Waals surface area contributed by atoms with Crippen LogP contribution in [0.3, 0.4) is 0 Å². The molecule has 188 valence electrons. The third-order valence-electron chi connectivity index (χ3n) is 6.70. The number of aliphatic hydroxyl groups excluding tert-OH is 1. The van der Waals surface area contributed by atoms with Gasteiger partial charge in [-0.15, -0.1) is 10.2 Å². The molecular weight excluding hydrogens is 458 g/mol. The number of carbonyl (C=O) groups is 2. The second-order valence-corrected chi connectivity index (χ2v) is 9.90. The Morgan fingerprint density at radius 1 is 1.11 bits per heavy atom. The first-order valence-corrected chi connectivity index (χ1v) is 12.5. The zero-order valence-corrected chi connectivity index (χ0v) is 20.6. The van der Waals surface area contributed by atoms with Gasteiger partial charge in [-0.2, -0.15) is 0 Å². The molecule has 1 unspecified atom stereocenters. The lowest BCUT2D eigenvalue weighted by atomic mass is 9.99. The van der Waals surface area contributed by atoms with E-state index in [2.05, 4.69) is 30.0 Å². The molecule has 3 aromatic heterocycles. The summed E-state index contributed by atoms with van der Waals surface area (Å²) in [6, 6.07) is 7.13. The Morgan fingerprint density at radius 2 is 1.97 bits per heavy atom. The van der Waals surface area contributed by atoms with Gasteiger partial charge in [0.15, 0.2) is 5.82 Å². The van der Waals surface area contributed by atoms with Crippen molar-refractivity contribution in [1.82, 2.24) is 29.6 Å². The van der Waals surface area contributed by atoms with Gasteiger partial charge < -0.3 is 19.9 Å². The van der Waals surface area contributed by atoms with Crippen molar-refractivity contribution in [3.63, 3.8) is 0 Å². The van der Waals surface area contributed by atoms with Gasteiger partial charge >= 0.3 is 0 Å². The van der Waals surface area contributed by atoms with Gasteiger partial charge in [-0.25, -0.2) is 4.98 Å². The number of fused-ring (bicyclic) bond motifs is 2. The van der Waals surface area contributed by atoms with Crippen LogP contribution >= 0.6 is 0 Å². The van der Waals surface area contributed by atoms with Crippen molar-refractivity contribution in [3.05, 3.63) is 53.1 Å². The average Bonchev–Trinajstić information content (AvgIpc) is 3.31. The number of rotatable bonds is 6. The second-order valence-electron chi connectivity index (χ2n) is 9.90. The van der Waals surface area contributed by atoms with E-state index >= 15 is 0 Å². The van der Waals surface area contributed by atoms with E-state index in [9.17, 15) is 14.7 Å². The van der Waals surface area contributed by atoms with E-state index in [4.69, 9.17) is 0 Å². The summed E-state index contributed by atoms with van der Waals surface area (Å²) in [4.78, 5) is 36.3. The number of nitrogens with one attached hydrogen (secondary N) is 1. The largest absolute Gasteiger partial charge is 0.383 e. The standard InChI is InChI=1S/C26H31N7O3/c1-16(2)12-21(34)26(36)32-11-9-17-14-27-20(13-18(17)15-32)25(35)29-22-7-5-6-19(28-22)24-31-30-23-8-3-4-10-33(23)24/h5-7,13-14,16,21,34H,3-4,8-12,15H2,1-2H3,(H,28,29,35). The Morgan fingerprint density at radius 3 is 2.81 bits per heavy atom. The molecule has 0 saturated heterocycles. The minimum atomic E-state index is -1.01. The fourth-order valence-corrected chi connectivity index (χ4v) is 4.82. The molecule has 0 radical (unpaired) electrons. The van der Waals surface area contributed by atoms with Gasteiger partial charge in [0, 0.05) is 32.3 Å². The van der Waals surface area contributed by atoms with Crippen molar-refractivity contribution in [2.45, 2.75) is 65.1 Å². The van der Waals surface area contributed by atoms with Crippen LogP contribution in [0.5, 0.6) is 0 Å². The molecule has 0 aliphatic carbocycles. The molecule has 3 aromatic rings. The number of nitrogens with zero attached hydrogens (tertiary/aromatic N) is 6. The van der Waals surface area contributed by atoms with Gasteiger partial charge in [0.1, 0.15) is 29.1 Å². The zero-order valence-electron chi connectivity index (χ0n) is 20.6. The third-order valence-corrected chi connectivity index (χ3v) is 6.70. The number of aryl methyl sites for hydroxylation is 1. The summed E-state index contributed by atoms with van der Waals surface area (Å²) in [7, 11) is 0. The van der Waals surface area contributed by atoms with Crippen LogP contribution in [0.2, 0.25) is 0 Å². The molecule has 5 rings (SSSR count). The molecule has 2 N–H and O–H groups in total. The number of aliphatic hydroxyl groups is 1. The van der Waals surface area contributed by atoms with Crippen LogP contribution in [0.1, 0.15) is 60.5 Å². The molecule has 0 spiro atoms. The minimum Gasteiger partial charge on any atom is -0.383 e. The van der Waals surface area contributed by atoms with E-state index in [1.807, 2.05) is 26.0 Å². The van der Waals surface area contributed by atoms with Crippen molar-refractivity contribution < 1.29 is 14.7 Å². The maximum absolute atomic E-state index is 13.0. The molecule has 10 nitrogen and oxygen atoms in total. The van der Waals surface area contributed by atoms with Gasteiger partial charge in [0.25, 0.3) is 11.8 Å². The maximum atomic E-state index is 13.0. The predicted molar refractivity (Wildman–Crippen MR) is 133 cm³/mol. The van der Waals surface area contributed by atoms with Gasteiger partial charge in [0.2, 0.25) is 0 Å². The first-order chi connectivity index (χ1) is 17.4. The molecule has 2 aliphatic heterocycles. The fraction of sp³-hybridized carbons (Fsp3) is 0.462. The monoisotopic (exact) mass is 489 g/mol. The van der Waals surface area contributed by atoms with E-state index in [0.717, 1.165) is 42.8 Å². The highest BCUT2D eigenvalue weighted by Gasteiger charge is 2.27. The number of amides is 2. The van der Waals surface area contributed by atoms with Crippen LogP contribution in [-0.2, 0) is 30.7 Å². The van der Waals surface area contributed by atoms with Gasteiger partial charge in [-0.05, 0) is 60.9 Å². The summed E-state index contributed by atoms with van der Waals surface area (Å²) in [5.74, 6) is 1.65. The number of pyridine rings is 2. The van der Waals surface area contributed by atoms with Crippen molar-refractivity contribution >= 4 is 17.6 Å². The molecule has 2 amide bonds. The van der Waals surface area contributed by atoms with Gasteiger partial charge in [0.05, 0.1) is 0 Å². The Labute approximate surface area is 209 Å². The maximum Gasteiger partial charge on any atom is 0.275 e. The van der Waals surface area contributed by atoms with Gasteiger partial charge in [-0.3, -0.25) is 14.6 Å². The highest BCUT2D eigenvalue weighted by atomic mass is 16.3. The van der Waals surface area contributed by atoms with Crippen LogP contribution in [-0.4, -0.2) is 59.2 Å². The summed E-state index contributed by atoms with van der Waals surface area (Å²) >= 11 is 0. The zero-order chi connectivity index (χ0) is 25.2. The topological polar surface area (TPSA) is 126 Å². The van der Waals surface area contributed by atoms with Crippen LogP contribution < -0.4 is 5.32 Å². The fourth-order valence-electron chi connectivity index (χ4n) is 4.82. The molecule has 36 heavy (non-hydrogen) atoms. The minimum absolute atomic E-state index is 0.225. The van der Waals surface area contributed by atoms with E-state index < -0.39 is 6.10 Å². The Bertz CT molecular complexity index is 1290. The number of carbonyl (C=O) groups excluding carboxylic acids is 2. The number of hydrogen-bond acceptors (Lipinski definition) is 7. The summed E-state index contributed by atoms with van der Waals surface area (Å²) in [6.07, 6.45) is 4.85. The molecular formula is C26H31N7O3. The molecule has 1 atom stereocenters. The van der Waals surface area contributed by atoms with Crippen molar-refractivity contribution in [2.75, 3.05) is 11.9 Å². The lowest BCUT2D eigenvalue weighted by Crippen LogP contribution is -2.42. The quantitative estimate of drug-likeness (QED) is 0.545. The van der Waals surface area contributed by atoms with E-state index in [0.29, 0.717) is 43.3 Å². The molecule has 2 aliphatic rings. The van der Waals surface area contributed by atoms with Crippen LogP contribution in [0.15, 0.2) is 30.5 Å². The number of hydrogen-bond donors (Lipinski definition) is 2. The van der Waals surface area contributed by atoms with Crippen molar-refractivity contribution in [3.8, 4) is 11.5 Å². The normalized spacial score (nSPS) is 15.8. The average molecular weight is 490 g/mol. The van der Waals surface area contributed by atoms with Gasteiger partial charge in [-0.1, -0.05) is 19.9 Å². The van der Waals surface area contributed by atoms with E-state index in [1.54, 1.807) is 23.2 Å². The first-order valence-electron chi connectivity index (χ1n) is 12.5. The number of aromatic nitrogens is 5. The van der Waals surface area contributed by atoms with E-state index in [-0.39, 0.29) is 23.4 Å². The predicted octanol–water partition coefficient (Wildman–Crippen LogP) is 2.62. The lowest BCUT2D eigenvalue weighted by molar-refractivity contribution is -0.141. The summed E-state index contributed by atoms with van der Waals surface area (Å²) in [5, 5.41) is 21.7. The summed E-state index contributed by atoms with van der Waals surface area (Å²) in [5.41, 5.74) is 2.77. The van der Waals surface area contributed by atoms with Crippen LogP contribution in [0, 0.1) is 5.92 Å². The Balaban J connectivity index is 1.30. The van der Waals surface area contributed by atoms with Crippen molar-refractivity contribution in [2.24, 2.45) is 5.92 Å². The molecule has 10 heteroatoms. The first kappa shape index (κ1) is 24.1. The lowest BCUT2D eigenvalue weighted by Gasteiger charge is -2.30. The molecule has 0 bridgehead atoms. The van der Waals surface area contributed by atoms with Crippen molar-refractivity contribution in [1.29, 1.82) is 0 Å². The SMILES string of the molecule is CC(C)CC(O)C(=O)N1CCc2cnc(C(=O)Nc3cccc(-c4nnc5n4CCCC5)n3)cc2C1. The highest BCUT2D eigenvalue weighted by molar-refractivity contribution is 6.02. The van der Waals surface area contributed by atoms with Crippen LogP contribution in [0.25, 0.3) is 11.5 Å². The Kier molecular flexibility index (Phi) is 6.77. The van der Waals surface area contributed by atoms with E-state index in [1.165, 1.54) is 0 Å². The summed E-state index contributed by atoms with van der Waals surface area (Å²) in [6.45, 7) is 5.68. The molecule has 0 aromatic carbocycles. The second kappa shape index (κ2) is 10.1. The number of anilines is 1. The smallest absolute Gasteiger partial charge is 0.275 e. The molecule has 0 fully saturated rings. The Hall–Kier alpha value is -3.66. The summed E-state index contributed by atoms with van der Waals surface area (Å²) < 4.78 is 2.09. The third kappa shape index (κ3) is 4.99. The van der Waals surface area contributed by atoms with Crippen LogP contribution in [0.4, 0.5) is 5.82 Å². The molecule has 0 saturated carbocycles.